The number of pyridine rings is 2. The highest BCUT2D eigenvalue weighted by molar-refractivity contribution is 6.09. The Bertz CT molecular complexity index is 3030. The lowest BCUT2D eigenvalue weighted by Gasteiger charge is -1.95. The van der Waals surface area contributed by atoms with Crippen molar-refractivity contribution in [3.63, 3.8) is 0 Å². The van der Waals surface area contributed by atoms with Gasteiger partial charge in [0, 0.05) is 111 Å². The van der Waals surface area contributed by atoms with Crippen molar-refractivity contribution in [3.8, 4) is 0 Å². The average Bonchev–Trinajstić information content (AvgIpc) is 3.99. The summed E-state index contributed by atoms with van der Waals surface area (Å²) < 4.78 is 6.72. The lowest BCUT2D eigenvalue weighted by Crippen LogP contribution is -1.84. The van der Waals surface area contributed by atoms with Crippen LogP contribution in [0.1, 0.15) is 22.3 Å². The highest BCUT2D eigenvalue weighted by atomic mass is 14.9. The molecule has 0 N–H and O–H groups in total. The minimum absolute atomic E-state index is 1.21. The van der Waals surface area contributed by atoms with Gasteiger partial charge in [0.05, 0.1) is 0 Å². The lowest BCUT2D eigenvalue weighted by molar-refractivity contribution is 1.01. The van der Waals surface area contributed by atoms with Crippen LogP contribution in [0.2, 0.25) is 0 Å². The van der Waals surface area contributed by atoms with Crippen molar-refractivity contribution >= 4 is 65.4 Å². The van der Waals surface area contributed by atoms with Crippen LogP contribution in [0.15, 0.2) is 255 Å². The van der Waals surface area contributed by atoms with Gasteiger partial charge in [0.1, 0.15) is 0 Å². The van der Waals surface area contributed by atoms with Crippen LogP contribution >= 0.6 is 0 Å². The monoisotopic (exact) mass is 914 g/mol. The molecule has 5 aromatic heterocycles. The van der Waals surface area contributed by atoms with Crippen LogP contribution in [0.5, 0.6) is 0 Å². The predicted octanol–water partition coefficient (Wildman–Crippen LogP) is 16.8. The van der Waals surface area contributed by atoms with Crippen LogP contribution in [0.4, 0.5) is 0 Å². The van der Waals surface area contributed by atoms with Crippen LogP contribution in [0.25, 0.3) is 65.4 Å². The molecule has 5 heteroatoms. The summed E-state index contributed by atoms with van der Waals surface area (Å²) in [6.45, 7) is 8.21. The van der Waals surface area contributed by atoms with Crippen LogP contribution in [-0.4, -0.2) is 23.7 Å². The van der Waals surface area contributed by atoms with E-state index in [1.807, 2.05) is 86.9 Å². The first-order chi connectivity index (χ1) is 34.2. The van der Waals surface area contributed by atoms with Gasteiger partial charge >= 0.3 is 0 Å². The minimum Gasteiger partial charge on any atom is -0.344 e. The van der Waals surface area contributed by atoms with E-state index in [1.54, 1.807) is 12.4 Å². The number of benzene rings is 8. The van der Waals surface area contributed by atoms with Crippen molar-refractivity contribution in [3.05, 3.63) is 278 Å². The number of fused-ring (bicyclic) bond motifs is 9. The zero-order chi connectivity index (χ0) is 49.1. The Hall–Kier alpha value is -8.54. The molecule has 5 nitrogen and oxygen atoms in total. The Balaban J connectivity index is 0.000000124. The van der Waals surface area contributed by atoms with Gasteiger partial charge in [0.15, 0.2) is 0 Å². The number of hydrogen-bond acceptors (Lipinski definition) is 2. The summed E-state index contributed by atoms with van der Waals surface area (Å²) in [5.41, 5.74) is 12.9. The van der Waals surface area contributed by atoms with Crippen molar-refractivity contribution in [1.82, 2.24) is 23.7 Å². The van der Waals surface area contributed by atoms with E-state index in [2.05, 4.69) is 229 Å². The van der Waals surface area contributed by atoms with Gasteiger partial charge in [-0.25, -0.2) is 0 Å². The summed E-state index contributed by atoms with van der Waals surface area (Å²) in [5.74, 6) is 0. The number of nitrogens with zero attached hydrogens (tertiary/aromatic N) is 5. The number of para-hydroxylation sites is 6. The third-order valence-electron chi connectivity index (χ3n) is 12.0. The second-order valence-corrected chi connectivity index (χ2v) is 17.2. The van der Waals surface area contributed by atoms with Gasteiger partial charge in [-0.15, -0.1) is 0 Å². The van der Waals surface area contributed by atoms with E-state index in [0.717, 1.165) is 0 Å². The number of rotatable bonds is 0. The zero-order valence-electron chi connectivity index (χ0n) is 41.5. The fourth-order valence-corrected chi connectivity index (χ4v) is 8.32. The minimum atomic E-state index is 1.21. The second-order valence-electron chi connectivity index (χ2n) is 17.2. The molecule has 0 aliphatic rings. The first-order valence-electron chi connectivity index (χ1n) is 23.7. The Morgan fingerprint density at radius 3 is 0.586 bits per heavy atom. The lowest BCUT2D eigenvalue weighted by atomic mass is 10.2. The smallest absolute Gasteiger partial charge is 0.0488 e. The van der Waals surface area contributed by atoms with Crippen molar-refractivity contribution in [2.45, 2.75) is 27.7 Å². The molecule has 0 amide bonds. The molecule has 0 saturated carbocycles. The van der Waals surface area contributed by atoms with Crippen molar-refractivity contribution in [2.75, 3.05) is 0 Å². The van der Waals surface area contributed by atoms with E-state index in [9.17, 15) is 0 Å². The maximum atomic E-state index is 3.88. The maximum absolute atomic E-state index is 3.88. The average molecular weight is 914 g/mol. The molecule has 0 spiro atoms. The Morgan fingerprint density at radius 1 is 0.229 bits per heavy atom. The molecule has 0 aliphatic carbocycles. The molecule has 5 heterocycles. The first kappa shape index (κ1) is 49.4. The number of hydrogen-bond donors (Lipinski definition) is 0. The quantitative estimate of drug-likeness (QED) is 0.152. The maximum Gasteiger partial charge on any atom is 0.0488 e. The Labute approximate surface area is 413 Å². The second kappa shape index (κ2) is 25.0. The number of aryl methyl sites for hydroxylation is 7. The molecule has 348 valence electrons. The highest BCUT2D eigenvalue weighted by Crippen LogP contribution is 2.29. The van der Waals surface area contributed by atoms with Gasteiger partial charge in [0.2, 0.25) is 0 Å². The van der Waals surface area contributed by atoms with Crippen molar-refractivity contribution in [2.24, 2.45) is 21.1 Å². The van der Waals surface area contributed by atoms with Crippen LogP contribution in [0.3, 0.4) is 0 Å². The molecular formula is C65H63N5. The first-order valence-corrected chi connectivity index (χ1v) is 23.7. The Morgan fingerprint density at radius 2 is 0.429 bits per heavy atom. The van der Waals surface area contributed by atoms with Gasteiger partial charge in [-0.2, -0.15) is 0 Å². The normalized spacial score (nSPS) is 10.2. The molecule has 0 bridgehead atoms. The van der Waals surface area contributed by atoms with Crippen LogP contribution in [-0.2, 0) is 21.1 Å². The zero-order valence-corrected chi connectivity index (χ0v) is 41.5. The molecule has 0 atom stereocenters. The molecule has 0 unspecified atom stereocenters. The third kappa shape index (κ3) is 12.9. The van der Waals surface area contributed by atoms with Crippen molar-refractivity contribution in [1.29, 1.82) is 0 Å². The molecule has 0 aliphatic heterocycles. The van der Waals surface area contributed by atoms with Crippen LogP contribution in [0, 0.1) is 27.7 Å². The van der Waals surface area contributed by atoms with Gasteiger partial charge < -0.3 is 13.7 Å². The molecular weight excluding hydrogens is 851 g/mol. The molecule has 8 aromatic carbocycles. The van der Waals surface area contributed by atoms with Crippen molar-refractivity contribution < 1.29 is 0 Å². The highest BCUT2D eigenvalue weighted by Gasteiger charge is 2.07. The van der Waals surface area contributed by atoms with E-state index in [-0.39, 0.29) is 0 Å². The Kier molecular flexibility index (Phi) is 17.6. The summed E-state index contributed by atoms with van der Waals surface area (Å²) in [7, 11) is 6.35. The third-order valence-corrected chi connectivity index (χ3v) is 12.0. The van der Waals surface area contributed by atoms with E-state index in [0.29, 0.717) is 0 Å². The molecule has 0 saturated heterocycles. The fraction of sp³-hybridized carbons (Fsp3) is 0.108. The fourth-order valence-electron chi connectivity index (χ4n) is 8.32. The van der Waals surface area contributed by atoms with E-state index in [4.69, 9.17) is 0 Å². The summed E-state index contributed by atoms with van der Waals surface area (Å²) in [6.07, 6.45) is 7.21. The van der Waals surface area contributed by atoms with Gasteiger partial charge in [-0.05, 0) is 87.4 Å². The van der Waals surface area contributed by atoms with E-state index >= 15 is 0 Å². The molecule has 13 rings (SSSR count). The summed E-state index contributed by atoms with van der Waals surface area (Å²) >= 11 is 0. The van der Waals surface area contributed by atoms with Gasteiger partial charge in [0.25, 0.3) is 0 Å². The summed E-state index contributed by atoms with van der Waals surface area (Å²) in [5, 5.41) is 8.03. The SMILES string of the molecule is Cc1ccccc1.Cc1ccccc1.Cc1cccnc1.Cc1cccnc1.Cn1c2ccccc2c2ccccc21.Cn1c2ccccc2c2ccccc21.Cn1c2ccccc2c2ccccc21. The topological polar surface area (TPSA) is 40.6 Å². The molecule has 0 radical (unpaired) electrons. The standard InChI is InChI=1S/3C13H11N.2C7H8.2C6H7N/c3*1-14-12-8-4-2-6-10(12)11-7-3-5-9-13(11)14;2*1-7-5-3-2-4-6-7;2*1-6-3-2-4-7-5-6/h3*2-9H,1H3;2*2-6H,1H3;2*2-5H,1H3. The van der Waals surface area contributed by atoms with E-state index in [1.165, 1.54) is 87.7 Å². The van der Waals surface area contributed by atoms with Crippen LogP contribution < -0.4 is 0 Å². The van der Waals surface area contributed by atoms with Gasteiger partial charge in [-0.3, -0.25) is 9.97 Å². The predicted molar refractivity (Wildman–Crippen MR) is 302 cm³/mol. The largest absolute Gasteiger partial charge is 0.344 e. The molecule has 70 heavy (non-hydrogen) atoms. The summed E-state index contributed by atoms with van der Waals surface area (Å²) in [4.78, 5) is 7.77. The summed E-state index contributed by atoms with van der Waals surface area (Å²) in [6, 6.07) is 79.5. The van der Waals surface area contributed by atoms with Gasteiger partial charge in [-0.1, -0.05) is 193 Å². The number of aromatic nitrogens is 5. The molecule has 13 aromatic rings. The molecule has 0 fully saturated rings. The van der Waals surface area contributed by atoms with E-state index < -0.39 is 0 Å².